The summed E-state index contributed by atoms with van der Waals surface area (Å²) >= 11 is 1.54. The van der Waals surface area contributed by atoms with Crippen LogP contribution in [-0.2, 0) is 0 Å². The minimum absolute atomic E-state index is 0.826. The molecule has 0 radical (unpaired) electrons. The Balaban J connectivity index is 1.68. The average molecular weight is 342 g/mol. The molecule has 1 aromatic carbocycles. The molecule has 4 aromatic rings. The van der Waals surface area contributed by atoms with Crippen molar-refractivity contribution in [2.24, 2.45) is 0 Å². The van der Waals surface area contributed by atoms with Gasteiger partial charge in [-0.2, -0.15) is 5.10 Å². The van der Waals surface area contributed by atoms with E-state index in [4.69, 9.17) is 0 Å². The molecule has 0 saturated heterocycles. The zero-order valence-corrected chi connectivity index (χ0v) is 14.3. The van der Waals surface area contributed by atoms with Gasteiger partial charge in [-0.05, 0) is 42.7 Å². The van der Waals surface area contributed by atoms with Gasteiger partial charge >= 0.3 is 0 Å². The van der Waals surface area contributed by atoms with Crippen LogP contribution in [0.15, 0.2) is 60.4 Å². The first kappa shape index (κ1) is 15.3. The standard InChI is InChI=1S/C20H14N4S/c1-14-19(16-8-10-21-11-9-16)20(24-23-14)17-5-2-15(3-6-17)4-7-18-22-12-13-25-18/h2-3,5-6,8-13H,1H3,(H,23,24). The summed E-state index contributed by atoms with van der Waals surface area (Å²) < 4.78 is 0. The van der Waals surface area contributed by atoms with Crippen LogP contribution in [0.1, 0.15) is 16.3 Å². The number of rotatable bonds is 2. The van der Waals surface area contributed by atoms with Crippen LogP contribution in [0.25, 0.3) is 22.4 Å². The Morgan fingerprint density at radius 2 is 1.72 bits per heavy atom. The number of benzene rings is 1. The SMILES string of the molecule is Cc1[nH]nc(-c2ccc(C#Cc3nccs3)cc2)c1-c1ccncc1. The van der Waals surface area contributed by atoms with E-state index in [9.17, 15) is 0 Å². The smallest absolute Gasteiger partial charge is 0.167 e. The number of hydrogen-bond acceptors (Lipinski definition) is 4. The van der Waals surface area contributed by atoms with Gasteiger partial charge in [0.1, 0.15) is 5.69 Å². The molecule has 4 rings (SSSR count). The topological polar surface area (TPSA) is 54.5 Å². The second-order valence-corrected chi connectivity index (χ2v) is 6.37. The lowest BCUT2D eigenvalue weighted by Gasteiger charge is -2.04. The summed E-state index contributed by atoms with van der Waals surface area (Å²) in [6.07, 6.45) is 5.35. The van der Waals surface area contributed by atoms with Crippen molar-refractivity contribution in [1.29, 1.82) is 0 Å². The maximum Gasteiger partial charge on any atom is 0.167 e. The van der Waals surface area contributed by atoms with Crippen molar-refractivity contribution in [2.45, 2.75) is 6.92 Å². The lowest BCUT2D eigenvalue weighted by molar-refractivity contribution is 1.05. The van der Waals surface area contributed by atoms with E-state index in [1.165, 1.54) is 0 Å². The van der Waals surface area contributed by atoms with Crippen molar-refractivity contribution in [3.05, 3.63) is 76.6 Å². The highest BCUT2D eigenvalue weighted by Gasteiger charge is 2.13. The Morgan fingerprint density at radius 3 is 2.44 bits per heavy atom. The number of aryl methyl sites for hydroxylation is 1. The van der Waals surface area contributed by atoms with Crippen LogP contribution in [0.3, 0.4) is 0 Å². The number of aromatic nitrogens is 4. The molecular weight excluding hydrogens is 328 g/mol. The molecule has 120 valence electrons. The summed E-state index contributed by atoms with van der Waals surface area (Å²) in [6, 6.07) is 12.1. The zero-order chi connectivity index (χ0) is 17.1. The Bertz CT molecular complexity index is 1040. The van der Waals surface area contributed by atoms with Crippen LogP contribution >= 0.6 is 11.3 Å². The number of H-pyrrole nitrogens is 1. The number of aromatic amines is 1. The second kappa shape index (κ2) is 6.71. The number of pyridine rings is 1. The van der Waals surface area contributed by atoms with Gasteiger partial charge in [0, 0.05) is 46.4 Å². The van der Waals surface area contributed by atoms with Gasteiger partial charge in [-0.15, -0.1) is 11.3 Å². The molecule has 1 N–H and O–H groups in total. The number of hydrogen-bond donors (Lipinski definition) is 1. The molecule has 0 atom stereocenters. The molecule has 0 bridgehead atoms. The summed E-state index contributed by atoms with van der Waals surface area (Å²) in [5, 5.41) is 10.3. The first-order valence-corrected chi connectivity index (χ1v) is 8.66. The fourth-order valence-corrected chi connectivity index (χ4v) is 3.11. The number of nitrogens with zero attached hydrogens (tertiary/aromatic N) is 3. The Kier molecular flexibility index (Phi) is 4.11. The highest BCUT2D eigenvalue weighted by atomic mass is 32.1. The summed E-state index contributed by atoms with van der Waals surface area (Å²) in [5.41, 5.74) is 6.18. The first-order valence-electron chi connectivity index (χ1n) is 7.78. The molecule has 25 heavy (non-hydrogen) atoms. The quantitative estimate of drug-likeness (QED) is 0.553. The van der Waals surface area contributed by atoms with Gasteiger partial charge in [0.25, 0.3) is 0 Å². The van der Waals surface area contributed by atoms with Crippen LogP contribution < -0.4 is 0 Å². The number of nitrogens with one attached hydrogen (secondary N) is 1. The minimum atomic E-state index is 0.826. The molecule has 0 saturated carbocycles. The van der Waals surface area contributed by atoms with Gasteiger partial charge in [0.05, 0.1) is 0 Å². The molecule has 0 aliphatic carbocycles. The van der Waals surface area contributed by atoms with Crippen molar-refractivity contribution in [3.63, 3.8) is 0 Å². The fourth-order valence-electron chi connectivity index (χ4n) is 2.63. The van der Waals surface area contributed by atoms with Gasteiger partial charge < -0.3 is 0 Å². The average Bonchev–Trinajstić information content (AvgIpc) is 3.31. The maximum atomic E-state index is 4.49. The van der Waals surface area contributed by atoms with E-state index in [1.807, 2.05) is 48.7 Å². The molecule has 0 aliphatic rings. The van der Waals surface area contributed by atoms with Crippen LogP contribution in [0.5, 0.6) is 0 Å². The Labute approximate surface area is 149 Å². The zero-order valence-electron chi connectivity index (χ0n) is 13.5. The highest BCUT2D eigenvalue weighted by Crippen LogP contribution is 2.32. The predicted molar refractivity (Wildman–Crippen MR) is 100 cm³/mol. The van der Waals surface area contributed by atoms with Crippen LogP contribution in [-0.4, -0.2) is 20.2 Å². The van der Waals surface area contributed by atoms with Crippen molar-refractivity contribution >= 4 is 11.3 Å². The van der Waals surface area contributed by atoms with Crippen LogP contribution in [0.4, 0.5) is 0 Å². The van der Waals surface area contributed by atoms with E-state index >= 15 is 0 Å². The van der Waals surface area contributed by atoms with Gasteiger partial charge in [-0.1, -0.05) is 18.1 Å². The predicted octanol–water partition coefficient (Wildman–Crippen LogP) is 4.30. The third-order valence-corrected chi connectivity index (χ3v) is 4.51. The molecule has 5 heteroatoms. The lowest BCUT2D eigenvalue weighted by atomic mass is 9.99. The van der Waals surface area contributed by atoms with Crippen LogP contribution in [0, 0.1) is 18.8 Å². The van der Waals surface area contributed by atoms with Gasteiger partial charge in [-0.3, -0.25) is 10.1 Å². The van der Waals surface area contributed by atoms with Crippen molar-refractivity contribution in [2.75, 3.05) is 0 Å². The second-order valence-electron chi connectivity index (χ2n) is 5.47. The molecule has 0 unspecified atom stereocenters. The lowest BCUT2D eigenvalue weighted by Crippen LogP contribution is -1.85. The molecular formula is C20H14N4S. The third-order valence-electron chi connectivity index (χ3n) is 3.82. The van der Waals surface area contributed by atoms with E-state index in [-0.39, 0.29) is 0 Å². The third kappa shape index (κ3) is 3.21. The molecule has 0 spiro atoms. The van der Waals surface area contributed by atoms with E-state index < -0.39 is 0 Å². The molecule has 0 aliphatic heterocycles. The summed E-state index contributed by atoms with van der Waals surface area (Å²) in [7, 11) is 0. The van der Waals surface area contributed by atoms with Gasteiger partial charge in [0.15, 0.2) is 5.01 Å². The fraction of sp³-hybridized carbons (Fsp3) is 0.0500. The molecule has 0 fully saturated rings. The Morgan fingerprint density at radius 1 is 0.920 bits per heavy atom. The first-order chi connectivity index (χ1) is 12.3. The number of thiazole rings is 1. The van der Waals surface area contributed by atoms with E-state index in [0.717, 1.165) is 38.6 Å². The normalized spacial score (nSPS) is 10.3. The summed E-state index contributed by atoms with van der Waals surface area (Å²) in [4.78, 5) is 8.26. The summed E-state index contributed by atoms with van der Waals surface area (Å²) in [6.45, 7) is 2.03. The van der Waals surface area contributed by atoms with E-state index in [1.54, 1.807) is 29.9 Å². The van der Waals surface area contributed by atoms with Gasteiger partial charge in [-0.25, -0.2) is 4.98 Å². The molecule has 3 heterocycles. The largest absolute Gasteiger partial charge is 0.282 e. The summed E-state index contributed by atoms with van der Waals surface area (Å²) in [5.74, 6) is 6.21. The molecule has 0 amide bonds. The van der Waals surface area contributed by atoms with Crippen molar-refractivity contribution in [3.8, 4) is 34.2 Å². The minimum Gasteiger partial charge on any atom is -0.282 e. The van der Waals surface area contributed by atoms with Gasteiger partial charge in [0.2, 0.25) is 0 Å². The Hall–Kier alpha value is -3.23. The highest BCUT2D eigenvalue weighted by molar-refractivity contribution is 7.10. The van der Waals surface area contributed by atoms with Crippen molar-refractivity contribution < 1.29 is 0 Å². The molecule has 3 aromatic heterocycles. The van der Waals surface area contributed by atoms with E-state index in [0.29, 0.717) is 0 Å². The van der Waals surface area contributed by atoms with Crippen LogP contribution in [0.2, 0.25) is 0 Å². The van der Waals surface area contributed by atoms with E-state index in [2.05, 4.69) is 32.0 Å². The molecule has 4 nitrogen and oxygen atoms in total. The van der Waals surface area contributed by atoms with Crippen molar-refractivity contribution in [1.82, 2.24) is 20.2 Å². The monoisotopic (exact) mass is 342 g/mol. The maximum absolute atomic E-state index is 4.49.